The van der Waals surface area contributed by atoms with E-state index in [9.17, 15) is 0 Å². The topological polar surface area (TPSA) is 25.4 Å². The number of aromatic nitrogens is 1. The lowest BCUT2D eigenvalue weighted by Gasteiger charge is -2.18. The maximum atomic E-state index is 5.97. The Kier molecular flexibility index (Phi) is 5.43. The highest BCUT2D eigenvalue weighted by Gasteiger charge is 2.09. The van der Waals surface area contributed by atoms with Gasteiger partial charge in [0.15, 0.2) is 0 Å². The van der Waals surface area contributed by atoms with Crippen LogP contribution in [0, 0.1) is 0 Å². The minimum atomic E-state index is 0.754. The van der Waals surface area contributed by atoms with Crippen LogP contribution in [0.4, 0.5) is 0 Å². The van der Waals surface area contributed by atoms with Gasteiger partial charge >= 0.3 is 0 Å². The van der Waals surface area contributed by atoms with Gasteiger partial charge < -0.3 is 4.74 Å². The maximum Gasteiger partial charge on any atom is 0.145 e. The summed E-state index contributed by atoms with van der Waals surface area (Å²) in [6.07, 6.45) is 3.47. The molecular formula is C18H17BrN2OS. The summed E-state index contributed by atoms with van der Waals surface area (Å²) < 4.78 is 7.14. The lowest BCUT2D eigenvalue weighted by atomic mass is 10.2. The molecule has 0 bridgehead atoms. The van der Waals surface area contributed by atoms with Gasteiger partial charge in [-0.25, -0.2) is 0 Å². The molecule has 0 amide bonds. The Morgan fingerprint density at radius 3 is 2.78 bits per heavy atom. The Morgan fingerprint density at radius 2 is 2.04 bits per heavy atom. The predicted octanol–water partition coefficient (Wildman–Crippen LogP) is 5.33. The quantitative estimate of drug-likeness (QED) is 0.570. The number of halogens is 1. The molecule has 0 saturated heterocycles. The van der Waals surface area contributed by atoms with Crippen LogP contribution in [0.25, 0.3) is 0 Å². The molecular weight excluding hydrogens is 372 g/mol. The van der Waals surface area contributed by atoms with Gasteiger partial charge in [-0.3, -0.25) is 9.88 Å². The van der Waals surface area contributed by atoms with Gasteiger partial charge in [-0.2, -0.15) is 0 Å². The van der Waals surface area contributed by atoms with Crippen LogP contribution in [-0.2, 0) is 13.1 Å². The van der Waals surface area contributed by atoms with Crippen molar-refractivity contribution in [1.82, 2.24) is 9.88 Å². The van der Waals surface area contributed by atoms with Gasteiger partial charge in [-0.1, -0.05) is 18.2 Å². The summed E-state index contributed by atoms with van der Waals surface area (Å²) in [6.45, 7) is 1.73. The van der Waals surface area contributed by atoms with Gasteiger partial charge in [-0.15, -0.1) is 11.3 Å². The largest absolute Gasteiger partial charge is 0.455 e. The summed E-state index contributed by atoms with van der Waals surface area (Å²) in [5.41, 5.74) is 2.48. The number of hydrogen-bond acceptors (Lipinski definition) is 4. The second-order valence-electron chi connectivity index (χ2n) is 5.33. The first-order valence-electron chi connectivity index (χ1n) is 7.28. The van der Waals surface area contributed by atoms with E-state index in [2.05, 4.69) is 50.4 Å². The molecule has 3 nitrogen and oxygen atoms in total. The van der Waals surface area contributed by atoms with E-state index in [1.807, 2.05) is 30.3 Å². The van der Waals surface area contributed by atoms with Crippen LogP contribution >= 0.6 is 27.3 Å². The maximum absolute atomic E-state index is 5.97. The van der Waals surface area contributed by atoms with Gasteiger partial charge in [0.25, 0.3) is 0 Å². The highest BCUT2D eigenvalue weighted by atomic mass is 79.9. The zero-order chi connectivity index (χ0) is 16.1. The van der Waals surface area contributed by atoms with Crippen LogP contribution in [0.3, 0.4) is 0 Å². The third-order valence-electron chi connectivity index (χ3n) is 3.35. The molecule has 0 aliphatic rings. The molecule has 0 unspecified atom stereocenters. The number of ether oxygens (including phenoxy) is 1. The van der Waals surface area contributed by atoms with Crippen LogP contribution in [0.15, 0.2) is 64.0 Å². The van der Waals surface area contributed by atoms with Crippen LogP contribution in [0.2, 0.25) is 0 Å². The molecule has 0 N–H and O–H groups in total. The van der Waals surface area contributed by atoms with E-state index in [1.54, 1.807) is 23.7 Å². The molecule has 0 radical (unpaired) electrons. The molecule has 5 heteroatoms. The third-order valence-corrected chi connectivity index (χ3v) is 4.90. The second kappa shape index (κ2) is 7.73. The molecule has 0 saturated carbocycles. The molecule has 3 rings (SSSR count). The minimum Gasteiger partial charge on any atom is -0.455 e. The third kappa shape index (κ3) is 4.64. The van der Waals surface area contributed by atoms with Crippen molar-refractivity contribution in [3.63, 3.8) is 0 Å². The van der Waals surface area contributed by atoms with Crippen LogP contribution in [0.5, 0.6) is 11.5 Å². The van der Waals surface area contributed by atoms with Gasteiger partial charge in [-0.05, 0) is 58.2 Å². The Hall–Kier alpha value is -1.69. The van der Waals surface area contributed by atoms with E-state index >= 15 is 0 Å². The standard InChI is InChI=1S/C18H17BrN2OS/c1-21(11-14-9-18(19)23-13-14)12-15-5-2-3-7-17(15)22-16-6-4-8-20-10-16/h2-10,13H,11-12H2,1H3. The van der Waals surface area contributed by atoms with Crippen molar-refractivity contribution in [2.75, 3.05) is 7.05 Å². The lowest BCUT2D eigenvalue weighted by Crippen LogP contribution is -2.17. The monoisotopic (exact) mass is 388 g/mol. The van der Waals surface area contributed by atoms with Crippen molar-refractivity contribution in [3.05, 3.63) is 75.2 Å². The smallest absolute Gasteiger partial charge is 0.145 e. The summed E-state index contributed by atoms with van der Waals surface area (Å²) >= 11 is 5.23. The fraction of sp³-hybridized carbons (Fsp3) is 0.167. The number of hydrogen-bond donors (Lipinski definition) is 0. The number of para-hydroxylation sites is 1. The van der Waals surface area contributed by atoms with E-state index < -0.39 is 0 Å². The Labute approximate surface area is 148 Å². The van der Waals surface area contributed by atoms with E-state index in [1.165, 1.54) is 9.35 Å². The molecule has 0 aliphatic carbocycles. The van der Waals surface area contributed by atoms with Crippen LogP contribution < -0.4 is 4.74 Å². The highest BCUT2D eigenvalue weighted by Crippen LogP contribution is 2.26. The van der Waals surface area contributed by atoms with Crippen LogP contribution in [-0.4, -0.2) is 16.9 Å². The molecule has 2 aromatic heterocycles. The van der Waals surface area contributed by atoms with Crippen LogP contribution in [0.1, 0.15) is 11.1 Å². The zero-order valence-corrected chi connectivity index (χ0v) is 15.2. The van der Waals surface area contributed by atoms with Crippen molar-refractivity contribution >= 4 is 27.3 Å². The highest BCUT2D eigenvalue weighted by molar-refractivity contribution is 9.11. The molecule has 0 atom stereocenters. The summed E-state index contributed by atoms with van der Waals surface area (Å²) in [5.74, 6) is 1.63. The number of pyridine rings is 1. The summed E-state index contributed by atoms with van der Waals surface area (Å²) in [7, 11) is 2.12. The van der Waals surface area contributed by atoms with Gasteiger partial charge in [0, 0.05) is 24.8 Å². The fourth-order valence-electron chi connectivity index (χ4n) is 2.36. The van der Waals surface area contributed by atoms with Crippen molar-refractivity contribution < 1.29 is 4.74 Å². The molecule has 2 heterocycles. The number of thiophene rings is 1. The Morgan fingerprint density at radius 1 is 1.17 bits per heavy atom. The van der Waals surface area contributed by atoms with Crippen molar-refractivity contribution in [2.24, 2.45) is 0 Å². The van der Waals surface area contributed by atoms with Gasteiger partial charge in [0.05, 0.1) is 9.98 Å². The van der Waals surface area contributed by atoms with E-state index in [-0.39, 0.29) is 0 Å². The first-order valence-corrected chi connectivity index (χ1v) is 8.95. The predicted molar refractivity (Wildman–Crippen MR) is 97.9 cm³/mol. The van der Waals surface area contributed by atoms with Gasteiger partial charge in [0.1, 0.15) is 11.5 Å². The Bertz CT molecular complexity index is 760. The minimum absolute atomic E-state index is 0.754. The van der Waals surface area contributed by atoms with E-state index in [0.717, 1.165) is 30.2 Å². The summed E-state index contributed by atoms with van der Waals surface area (Å²) in [4.78, 5) is 6.37. The van der Waals surface area contributed by atoms with E-state index in [4.69, 9.17) is 4.74 Å². The molecule has 0 spiro atoms. The number of rotatable bonds is 6. The van der Waals surface area contributed by atoms with Crippen molar-refractivity contribution in [1.29, 1.82) is 0 Å². The first-order chi connectivity index (χ1) is 11.2. The summed E-state index contributed by atoms with van der Waals surface area (Å²) in [6, 6.07) is 14.1. The molecule has 23 heavy (non-hydrogen) atoms. The molecule has 118 valence electrons. The number of nitrogens with zero attached hydrogens (tertiary/aromatic N) is 2. The molecule has 0 aliphatic heterocycles. The van der Waals surface area contributed by atoms with Gasteiger partial charge in [0.2, 0.25) is 0 Å². The second-order valence-corrected chi connectivity index (χ2v) is 7.62. The molecule has 3 aromatic rings. The Balaban J connectivity index is 1.70. The molecule has 1 aromatic carbocycles. The van der Waals surface area contributed by atoms with Crippen molar-refractivity contribution in [3.8, 4) is 11.5 Å². The molecule has 0 fully saturated rings. The lowest BCUT2D eigenvalue weighted by molar-refractivity contribution is 0.314. The first kappa shape index (κ1) is 16.2. The number of benzene rings is 1. The average molecular weight is 389 g/mol. The average Bonchev–Trinajstić information content (AvgIpc) is 2.95. The zero-order valence-electron chi connectivity index (χ0n) is 12.8. The fourth-order valence-corrected chi connectivity index (χ4v) is 3.56. The normalized spacial score (nSPS) is 10.9. The SMILES string of the molecule is CN(Cc1csc(Br)c1)Cc1ccccc1Oc1cccnc1. The van der Waals surface area contributed by atoms with Crippen molar-refractivity contribution in [2.45, 2.75) is 13.1 Å². The summed E-state index contributed by atoms with van der Waals surface area (Å²) in [5, 5.41) is 2.18. The van der Waals surface area contributed by atoms with E-state index in [0.29, 0.717) is 0 Å².